The van der Waals surface area contributed by atoms with Crippen LogP contribution in [0, 0.1) is 12.8 Å². The van der Waals surface area contributed by atoms with Gasteiger partial charge in [0, 0.05) is 30.5 Å². The molecule has 2 bridgehead atoms. The number of fused-ring (bicyclic) bond motifs is 4. The zero-order valence-electron chi connectivity index (χ0n) is 11.1. The summed E-state index contributed by atoms with van der Waals surface area (Å²) in [4.78, 5) is 11.6. The third-order valence-electron chi connectivity index (χ3n) is 4.25. The highest BCUT2D eigenvalue weighted by Gasteiger charge is 2.31. The van der Waals surface area contributed by atoms with E-state index in [1.165, 1.54) is 36.5 Å². The minimum absolute atomic E-state index is 0.814. The van der Waals surface area contributed by atoms with E-state index in [1.54, 1.807) is 0 Å². The van der Waals surface area contributed by atoms with E-state index in [4.69, 9.17) is 4.98 Å². The van der Waals surface area contributed by atoms with Gasteiger partial charge in [0.05, 0.1) is 17.1 Å². The molecule has 2 aromatic rings. The Balaban J connectivity index is 1.78. The van der Waals surface area contributed by atoms with Crippen LogP contribution in [0.1, 0.15) is 17.8 Å². The molecule has 0 amide bonds. The summed E-state index contributed by atoms with van der Waals surface area (Å²) in [6, 6.07) is 8.53. The van der Waals surface area contributed by atoms with Gasteiger partial charge < -0.3 is 4.90 Å². The van der Waals surface area contributed by atoms with Gasteiger partial charge in [-0.1, -0.05) is 0 Å². The van der Waals surface area contributed by atoms with Crippen molar-refractivity contribution in [3.05, 3.63) is 41.9 Å². The third-order valence-corrected chi connectivity index (χ3v) is 4.25. The zero-order chi connectivity index (χ0) is 12.8. The molecule has 1 fully saturated rings. The second kappa shape index (κ2) is 4.05. The third kappa shape index (κ3) is 1.81. The average Bonchev–Trinajstić information content (AvgIpc) is 2.81. The van der Waals surface area contributed by atoms with Crippen LogP contribution in [-0.4, -0.2) is 23.1 Å². The monoisotopic (exact) mass is 251 g/mol. The minimum atomic E-state index is 0.814. The van der Waals surface area contributed by atoms with Crippen LogP contribution in [0.5, 0.6) is 0 Å². The molecule has 19 heavy (non-hydrogen) atoms. The molecule has 0 spiro atoms. The molecule has 0 aromatic carbocycles. The smallest absolute Gasteiger partial charge is 0.0708 e. The second-order valence-electron chi connectivity index (χ2n) is 5.65. The van der Waals surface area contributed by atoms with Crippen molar-refractivity contribution in [1.29, 1.82) is 0 Å². The highest BCUT2D eigenvalue weighted by molar-refractivity contribution is 5.64. The molecule has 4 rings (SSSR count). The van der Waals surface area contributed by atoms with E-state index in [0.29, 0.717) is 0 Å². The molecule has 0 radical (unpaired) electrons. The fourth-order valence-electron chi connectivity index (χ4n) is 3.29. The summed E-state index contributed by atoms with van der Waals surface area (Å²) in [5, 5.41) is 0. The van der Waals surface area contributed by atoms with Gasteiger partial charge in [0.25, 0.3) is 0 Å². The molecule has 2 aliphatic rings. The summed E-state index contributed by atoms with van der Waals surface area (Å²) < 4.78 is 0. The van der Waals surface area contributed by atoms with Crippen LogP contribution in [0.2, 0.25) is 0 Å². The number of nitrogens with zero attached hydrogens (tertiary/aromatic N) is 3. The van der Waals surface area contributed by atoms with Crippen LogP contribution in [0.15, 0.2) is 30.5 Å². The van der Waals surface area contributed by atoms with Gasteiger partial charge in [-0.2, -0.15) is 0 Å². The van der Waals surface area contributed by atoms with Crippen molar-refractivity contribution in [2.45, 2.75) is 19.8 Å². The van der Waals surface area contributed by atoms with Gasteiger partial charge in [0.2, 0.25) is 0 Å². The van der Waals surface area contributed by atoms with Crippen molar-refractivity contribution in [2.75, 3.05) is 18.0 Å². The maximum atomic E-state index is 4.90. The predicted octanol–water partition coefficient (Wildman–Crippen LogP) is 2.83. The van der Waals surface area contributed by atoms with E-state index in [0.717, 1.165) is 23.7 Å². The molecule has 1 saturated heterocycles. The number of rotatable bonds is 1. The Morgan fingerprint density at radius 1 is 1.26 bits per heavy atom. The first-order valence-electron chi connectivity index (χ1n) is 6.97. The Bertz CT molecular complexity index is 636. The Morgan fingerprint density at radius 3 is 3.11 bits per heavy atom. The van der Waals surface area contributed by atoms with Crippen molar-refractivity contribution < 1.29 is 0 Å². The SMILES string of the molecule is Cc1cc(-c2ccc3c(n2)C[C@H]2CCN3C2)ccn1. The Kier molecular flexibility index (Phi) is 2.34. The van der Waals surface area contributed by atoms with Crippen LogP contribution in [-0.2, 0) is 6.42 Å². The predicted molar refractivity (Wildman–Crippen MR) is 76.2 cm³/mol. The molecular formula is C16H17N3. The van der Waals surface area contributed by atoms with Crippen molar-refractivity contribution in [3.63, 3.8) is 0 Å². The van der Waals surface area contributed by atoms with Gasteiger partial charge in [-0.25, -0.2) is 0 Å². The molecule has 0 unspecified atom stereocenters. The van der Waals surface area contributed by atoms with Crippen molar-refractivity contribution in [3.8, 4) is 11.3 Å². The first-order chi connectivity index (χ1) is 9.29. The van der Waals surface area contributed by atoms with Gasteiger partial charge in [-0.15, -0.1) is 0 Å². The van der Waals surface area contributed by atoms with Crippen LogP contribution < -0.4 is 4.90 Å². The average molecular weight is 251 g/mol. The molecule has 0 saturated carbocycles. The van der Waals surface area contributed by atoms with Gasteiger partial charge in [-0.05, 0) is 49.9 Å². The molecule has 3 heteroatoms. The molecule has 2 aliphatic heterocycles. The zero-order valence-corrected chi connectivity index (χ0v) is 11.1. The molecule has 2 aromatic heterocycles. The number of hydrogen-bond acceptors (Lipinski definition) is 3. The maximum absolute atomic E-state index is 4.90. The topological polar surface area (TPSA) is 29.0 Å². The number of pyridine rings is 2. The van der Waals surface area contributed by atoms with Crippen molar-refractivity contribution >= 4 is 5.69 Å². The van der Waals surface area contributed by atoms with Gasteiger partial charge in [0.1, 0.15) is 0 Å². The molecule has 4 heterocycles. The molecule has 3 nitrogen and oxygen atoms in total. The highest BCUT2D eigenvalue weighted by atomic mass is 15.2. The summed E-state index contributed by atoms with van der Waals surface area (Å²) in [6.45, 7) is 4.45. The lowest BCUT2D eigenvalue weighted by Gasteiger charge is -2.26. The lowest BCUT2D eigenvalue weighted by molar-refractivity contribution is 0.566. The Hall–Kier alpha value is -1.90. The first-order valence-corrected chi connectivity index (χ1v) is 6.97. The normalized spacial score (nSPS) is 20.5. The van der Waals surface area contributed by atoms with Gasteiger partial charge in [0.15, 0.2) is 0 Å². The molecular weight excluding hydrogens is 234 g/mol. The Labute approximate surface area is 113 Å². The maximum Gasteiger partial charge on any atom is 0.0708 e. The van der Waals surface area contributed by atoms with Crippen LogP contribution in [0.4, 0.5) is 5.69 Å². The minimum Gasteiger partial charge on any atom is -0.370 e. The molecule has 96 valence electrons. The lowest BCUT2D eigenvalue weighted by Crippen LogP contribution is -2.26. The fraction of sp³-hybridized carbons (Fsp3) is 0.375. The second-order valence-corrected chi connectivity index (χ2v) is 5.65. The van der Waals surface area contributed by atoms with Crippen molar-refractivity contribution in [2.24, 2.45) is 5.92 Å². The molecule has 0 N–H and O–H groups in total. The van der Waals surface area contributed by atoms with E-state index in [1.807, 2.05) is 19.2 Å². The van der Waals surface area contributed by atoms with E-state index < -0.39 is 0 Å². The quantitative estimate of drug-likeness (QED) is 0.780. The fourth-order valence-corrected chi connectivity index (χ4v) is 3.29. The molecule has 0 aliphatic carbocycles. The summed E-state index contributed by atoms with van der Waals surface area (Å²) in [5.41, 5.74) is 5.92. The Morgan fingerprint density at radius 2 is 2.21 bits per heavy atom. The van der Waals surface area contributed by atoms with E-state index in [2.05, 4.69) is 28.1 Å². The summed E-state index contributed by atoms with van der Waals surface area (Å²) in [6.07, 6.45) is 4.32. The summed E-state index contributed by atoms with van der Waals surface area (Å²) in [5.74, 6) is 0.814. The van der Waals surface area contributed by atoms with E-state index in [-0.39, 0.29) is 0 Å². The largest absolute Gasteiger partial charge is 0.370 e. The van der Waals surface area contributed by atoms with Crippen molar-refractivity contribution in [1.82, 2.24) is 9.97 Å². The van der Waals surface area contributed by atoms with Crippen LogP contribution in [0.3, 0.4) is 0 Å². The summed E-state index contributed by atoms with van der Waals surface area (Å²) >= 11 is 0. The first kappa shape index (κ1) is 11.0. The molecule has 1 atom stereocenters. The lowest BCUT2D eigenvalue weighted by atomic mass is 9.98. The van der Waals surface area contributed by atoms with E-state index >= 15 is 0 Å². The summed E-state index contributed by atoms with van der Waals surface area (Å²) in [7, 11) is 0. The standard InChI is InChI=1S/C16H17N3/c1-11-8-13(4-6-17-11)14-2-3-16-15(18-14)9-12-5-7-19(16)10-12/h2-4,6,8,12H,5,7,9-10H2,1H3/t12-/m1/s1. The van der Waals surface area contributed by atoms with Gasteiger partial charge >= 0.3 is 0 Å². The number of hydrogen-bond donors (Lipinski definition) is 0. The van der Waals surface area contributed by atoms with Crippen LogP contribution >= 0.6 is 0 Å². The van der Waals surface area contributed by atoms with E-state index in [9.17, 15) is 0 Å². The number of aryl methyl sites for hydroxylation is 1. The van der Waals surface area contributed by atoms with Crippen LogP contribution in [0.25, 0.3) is 11.3 Å². The number of aromatic nitrogens is 2. The highest BCUT2D eigenvalue weighted by Crippen LogP contribution is 2.36. The van der Waals surface area contributed by atoms with Gasteiger partial charge in [-0.3, -0.25) is 9.97 Å². The number of anilines is 1.